The molecule has 0 amide bonds. The van der Waals surface area contributed by atoms with Crippen molar-refractivity contribution in [2.45, 2.75) is 0 Å². The average Bonchev–Trinajstić information content (AvgIpc) is 3.35. The molecule has 172 valence electrons. The van der Waals surface area contributed by atoms with Gasteiger partial charge in [-0.25, -0.2) is 0 Å². The summed E-state index contributed by atoms with van der Waals surface area (Å²) in [6.45, 7) is 0. The van der Waals surface area contributed by atoms with Crippen molar-refractivity contribution in [3.05, 3.63) is 128 Å². The van der Waals surface area contributed by atoms with E-state index < -0.39 is 0 Å². The van der Waals surface area contributed by atoms with Crippen LogP contribution in [0.5, 0.6) is 0 Å². The lowest BCUT2D eigenvalue weighted by atomic mass is 9.87. The number of aromatic nitrogens is 1. The van der Waals surface area contributed by atoms with Crippen molar-refractivity contribution < 1.29 is 0 Å². The summed E-state index contributed by atoms with van der Waals surface area (Å²) in [5.74, 6) is 0. The highest BCUT2D eigenvalue weighted by molar-refractivity contribution is 7.26. The van der Waals surface area contributed by atoms with Crippen LogP contribution < -0.4 is 0 Å². The summed E-state index contributed by atoms with van der Waals surface area (Å²) in [7, 11) is 0. The number of hydrogen-bond acceptors (Lipinski definition) is 2. The SMILES string of the molecule is c1ccc2cc(-c3c4ccccc4c(-c4cccc5c4sc4ccccc45)c4cccnc34)ccc2c1. The Morgan fingerprint density at radius 2 is 1.19 bits per heavy atom. The number of thiophene rings is 1. The molecule has 0 aliphatic heterocycles. The zero-order valence-electron chi connectivity index (χ0n) is 20.0. The van der Waals surface area contributed by atoms with Crippen LogP contribution in [-0.2, 0) is 0 Å². The van der Waals surface area contributed by atoms with E-state index in [9.17, 15) is 0 Å². The molecule has 8 rings (SSSR count). The molecule has 0 atom stereocenters. The molecule has 1 nitrogen and oxygen atoms in total. The predicted molar refractivity (Wildman–Crippen MR) is 161 cm³/mol. The minimum absolute atomic E-state index is 1.05. The van der Waals surface area contributed by atoms with Gasteiger partial charge >= 0.3 is 0 Å². The highest BCUT2D eigenvalue weighted by atomic mass is 32.1. The molecule has 0 unspecified atom stereocenters. The Kier molecular flexibility index (Phi) is 4.46. The van der Waals surface area contributed by atoms with Gasteiger partial charge in [0.15, 0.2) is 0 Å². The van der Waals surface area contributed by atoms with Crippen molar-refractivity contribution >= 4 is 64.0 Å². The van der Waals surface area contributed by atoms with Crippen molar-refractivity contribution in [2.24, 2.45) is 0 Å². The van der Waals surface area contributed by atoms with Gasteiger partial charge in [0, 0.05) is 48.4 Å². The fraction of sp³-hybridized carbons (Fsp3) is 0. The Labute approximate surface area is 218 Å². The Morgan fingerprint density at radius 3 is 2.08 bits per heavy atom. The number of nitrogens with zero attached hydrogens (tertiary/aromatic N) is 1. The topological polar surface area (TPSA) is 12.9 Å². The third-order valence-corrected chi connectivity index (χ3v) is 8.71. The second kappa shape index (κ2) is 7.99. The van der Waals surface area contributed by atoms with E-state index in [0.29, 0.717) is 0 Å². The van der Waals surface area contributed by atoms with E-state index >= 15 is 0 Å². The van der Waals surface area contributed by atoms with Crippen LogP contribution >= 0.6 is 11.3 Å². The van der Waals surface area contributed by atoms with E-state index in [1.165, 1.54) is 69.4 Å². The molecule has 2 heterocycles. The second-order valence-electron chi connectivity index (χ2n) is 9.54. The molecule has 0 saturated carbocycles. The molecular weight excluding hydrogens is 466 g/mol. The molecule has 8 aromatic rings. The maximum Gasteiger partial charge on any atom is 0.0793 e. The first-order valence-electron chi connectivity index (χ1n) is 12.6. The maximum absolute atomic E-state index is 5.00. The number of hydrogen-bond donors (Lipinski definition) is 0. The Morgan fingerprint density at radius 1 is 0.486 bits per heavy atom. The zero-order chi connectivity index (χ0) is 24.3. The van der Waals surface area contributed by atoms with Crippen LogP contribution in [0, 0.1) is 0 Å². The van der Waals surface area contributed by atoms with Gasteiger partial charge in [-0.3, -0.25) is 4.98 Å². The predicted octanol–water partition coefficient (Wildman–Crippen LogP) is 10.2. The Balaban J connectivity index is 1.53. The molecule has 0 radical (unpaired) electrons. The minimum Gasteiger partial charge on any atom is -0.256 e. The molecule has 0 N–H and O–H groups in total. The summed E-state index contributed by atoms with van der Waals surface area (Å²) in [4.78, 5) is 5.00. The summed E-state index contributed by atoms with van der Waals surface area (Å²) in [6, 6.07) is 43.9. The fourth-order valence-electron chi connectivity index (χ4n) is 5.87. The summed E-state index contributed by atoms with van der Waals surface area (Å²) in [6.07, 6.45) is 1.92. The number of benzene rings is 6. The summed E-state index contributed by atoms with van der Waals surface area (Å²) in [5.41, 5.74) is 5.98. The molecule has 0 bridgehead atoms. The van der Waals surface area contributed by atoms with Gasteiger partial charge in [-0.05, 0) is 45.3 Å². The van der Waals surface area contributed by atoms with Gasteiger partial charge in [0.25, 0.3) is 0 Å². The smallest absolute Gasteiger partial charge is 0.0793 e. The Bertz CT molecular complexity index is 2090. The van der Waals surface area contributed by atoms with Gasteiger partial charge in [0.2, 0.25) is 0 Å². The average molecular weight is 488 g/mol. The Hall–Kier alpha value is -4.53. The zero-order valence-corrected chi connectivity index (χ0v) is 20.8. The number of pyridine rings is 1. The van der Waals surface area contributed by atoms with E-state index in [-0.39, 0.29) is 0 Å². The summed E-state index contributed by atoms with van der Waals surface area (Å²) >= 11 is 1.88. The van der Waals surface area contributed by atoms with Crippen LogP contribution in [0.1, 0.15) is 0 Å². The molecule has 2 aromatic heterocycles. The van der Waals surface area contributed by atoms with Crippen molar-refractivity contribution in [3.63, 3.8) is 0 Å². The molecule has 0 aliphatic carbocycles. The van der Waals surface area contributed by atoms with Crippen molar-refractivity contribution in [1.29, 1.82) is 0 Å². The lowest BCUT2D eigenvalue weighted by Crippen LogP contribution is -1.92. The number of rotatable bonds is 2. The lowest BCUT2D eigenvalue weighted by molar-refractivity contribution is 1.42. The standard InChI is InChI=1S/C35H21NS/c1-2-10-23-21-24(19-18-22(23)9-1)32-26-12-3-4-13-27(26)33(29-16-8-20-36-34(29)32)30-15-7-14-28-25-11-5-6-17-31(25)37-35(28)30/h1-21H. The normalized spacial score (nSPS) is 11.8. The first-order chi connectivity index (χ1) is 18.4. The van der Waals surface area contributed by atoms with Gasteiger partial charge in [-0.15, -0.1) is 11.3 Å². The van der Waals surface area contributed by atoms with E-state index in [2.05, 4.69) is 121 Å². The van der Waals surface area contributed by atoms with Crippen molar-refractivity contribution in [1.82, 2.24) is 4.98 Å². The third kappa shape index (κ3) is 3.06. The van der Waals surface area contributed by atoms with Gasteiger partial charge < -0.3 is 0 Å². The van der Waals surface area contributed by atoms with Gasteiger partial charge in [-0.2, -0.15) is 0 Å². The lowest BCUT2D eigenvalue weighted by Gasteiger charge is -2.17. The van der Waals surface area contributed by atoms with Crippen LogP contribution in [0.4, 0.5) is 0 Å². The molecule has 0 spiro atoms. The molecule has 6 aromatic carbocycles. The molecule has 0 saturated heterocycles. The monoisotopic (exact) mass is 487 g/mol. The first-order valence-corrected chi connectivity index (χ1v) is 13.4. The van der Waals surface area contributed by atoms with E-state index in [0.717, 1.165) is 5.52 Å². The highest BCUT2D eigenvalue weighted by Gasteiger charge is 2.20. The van der Waals surface area contributed by atoms with Crippen LogP contribution in [0.3, 0.4) is 0 Å². The minimum atomic E-state index is 1.05. The quantitative estimate of drug-likeness (QED) is 0.221. The second-order valence-corrected chi connectivity index (χ2v) is 10.6. The van der Waals surface area contributed by atoms with Crippen LogP contribution in [0.25, 0.3) is 74.9 Å². The summed E-state index contributed by atoms with van der Waals surface area (Å²) < 4.78 is 2.65. The van der Waals surface area contributed by atoms with Crippen LogP contribution in [0.2, 0.25) is 0 Å². The van der Waals surface area contributed by atoms with Crippen molar-refractivity contribution in [2.75, 3.05) is 0 Å². The third-order valence-electron chi connectivity index (χ3n) is 7.49. The molecule has 2 heteroatoms. The number of fused-ring (bicyclic) bond motifs is 6. The fourth-order valence-corrected chi connectivity index (χ4v) is 7.09. The van der Waals surface area contributed by atoms with E-state index in [1.807, 2.05) is 17.5 Å². The molecular formula is C35H21NS. The first kappa shape index (κ1) is 20.6. The van der Waals surface area contributed by atoms with Gasteiger partial charge in [0.1, 0.15) is 0 Å². The van der Waals surface area contributed by atoms with E-state index in [4.69, 9.17) is 4.98 Å². The highest BCUT2D eigenvalue weighted by Crippen LogP contribution is 2.47. The largest absolute Gasteiger partial charge is 0.256 e. The van der Waals surface area contributed by atoms with Crippen LogP contribution in [-0.4, -0.2) is 4.98 Å². The van der Waals surface area contributed by atoms with Gasteiger partial charge in [0.05, 0.1) is 5.52 Å². The van der Waals surface area contributed by atoms with Crippen molar-refractivity contribution in [3.8, 4) is 22.3 Å². The van der Waals surface area contributed by atoms with Crippen LogP contribution in [0.15, 0.2) is 128 Å². The molecule has 37 heavy (non-hydrogen) atoms. The molecule has 0 aliphatic rings. The maximum atomic E-state index is 5.00. The van der Waals surface area contributed by atoms with Gasteiger partial charge in [-0.1, -0.05) is 103 Å². The summed E-state index contributed by atoms with van der Waals surface area (Å²) in [5, 5.41) is 8.82. The molecule has 0 fully saturated rings. The van der Waals surface area contributed by atoms with E-state index in [1.54, 1.807) is 0 Å².